The number of imidazole rings is 1. The second kappa shape index (κ2) is 5.18. The third-order valence-electron chi connectivity index (χ3n) is 2.56. The molecular weight excluding hydrogens is 288 g/mol. The molecule has 2 aromatic rings. The third-order valence-corrected chi connectivity index (χ3v) is 4.07. The lowest BCUT2D eigenvalue weighted by atomic mass is 10.5. The molecule has 2 heterocycles. The lowest BCUT2D eigenvalue weighted by Crippen LogP contribution is -2.14. The van der Waals surface area contributed by atoms with E-state index >= 15 is 0 Å². The maximum absolute atomic E-state index is 12.1. The molecule has 19 heavy (non-hydrogen) atoms. The number of pyridine rings is 1. The standard InChI is InChI=1S/C11H13ClN4O2S/c1-3-16-7-10(14-8(16)2)19(17,18)15-11-9(12)5-4-6-13-11/h4-7H,3H2,1-2H3,(H,13,15). The van der Waals surface area contributed by atoms with Crippen LogP contribution in [0.15, 0.2) is 29.6 Å². The molecule has 0 aromatic carbocycles. The Kier molecular flexibility index (Phi) is 3.77. The number of anilines is 1. The smallest absolute Gasteiger partial charge is 0.282 e. The molecule has 2 aromatic heterocycles. The zero-order valence-corrected chi connectivity index (χ0v) is 12.0. The Bertz CT molecular complexity index is 696. The number of nitrogens with zero attached hydrogens (tertiary/aromatic N) is 3. The number of aryl methyl sites for hydroxylation is 2. The molecule has 0 aliphatic rings. The van der Waals surface area contributed by atoms with E-state index in [4.69, 9.17) is 11.6 Å². The van der Waals surface area contributed by atoms with Crippen molar-refractivity contribution in [2.75, 3.05) is 4.72 Å². The van der Waals surface area contributed by atoms with Crippen molar-refractivity contribution in [3.8, 4) is 0 Å². The molecule has 6 nitrogen and oxygen atoms in total. The molecule has 0 spiro atoms. The predicted octanol–water partition coefficient (Wildman–Crippen LogP) is 2.06. The number of hydrogen-bond acceptors (Lipinski definition) is 4. The first kappa shape index (κ1) is 13.8. The van der Waals surface area contributed by atoms with Crippen molar-refractivity contribution in [1.29, 1.82) is 0 Å². The first-order valence-electron chi connectivity index (χ1n) is 5.61. The van der Waals surface area contributed by atoms with E-state index in [2.05, 4.69) is 14.7 Å². The van der Waals surface area contributed by atoms with Crippen LogP contribution in [0.25, 0.3) is 0 Å². The quantitative estimate of drug-likeness (QED) is 0.937. The van der Waals surface area contributed by atoms with Gasteiger partial charge in [-0.2, -0.15) is 8.42 Å². The third kappa shape index (κ3) is 2.87. The Morgan fingerprint density at radius 2 is 2.21 bits per heavy atom. The fraction of sp³-hybridized carbons (Fsp3) is 0.273. The zero-order valence-electron chi connectivity index (χ0n) is 10.5. The van der Waals surface area contributed by atoms with E-state index in [-0.39, 0.29) is 15.9 Å². The summed E-state index contributed by atoms with van der Waals surface area (Å²) in [4.78, 5) is 7.90. The van der Waals surface area contributed by atoms with Crippen molar-refractivity contribution in [1.82, 2.24) is 14.5 Å². The van der Waals surface area contributed by atoms with E-state index in [0.717, 1.165) is 0 Å². The van der Waals surface area contributed by atoms with Gasteiger partial charge in [0.15, 0.2) is 10.8 Å². The van der Waals surface area contributed by atoms with E-state index in [1.54, 1.807) is 23.6 Å². The second-order valence-corrected chi connectivity index (χ2v) is 5.89. The van der Waals surface area contributed by atoms with Crippen LogP contribution < -0.4 is 4.72 Å². The molecule has 0 atom stereocenters. The second-order valence-electron chi connectivity index (χ2n) is 3.85. The summed E-state index contributed by atoms with van der Waals surface area (Å²) in [7, 11) is -3.78. The number of halogens is 1. The Morgan fingerprint density at radius 3 is 2.79 bits per heavy atom. The van der Waals surface area contributed by atoms with Crippen LogP contribution in [-0.4, -0.2) is 23.0 Å². The summed E-state index contributed by atoms with van der Waals surface area (Å²) >= 11 is 5.87. The van der Waals surface area contributed by atoms with Gasteiger partial charge in [0.25, 0.3) is 10.0 Å². The molecule has 0 saturated heterocycles. The van der Waals surface area contributed by atoms with Crippen molar-refractivity contribution in [3.05, 3.63) is 35.4 Å². The highest BCUT2D eigenvalue weighted by atomic mass is 35.5. The number of nitrogens with one attached hydrogen (secondary N) is 1. The monoisotopic (exact) mass is 300 g/mol. The summed E-state index contributed by atoms with van der Waals surface area (Å²) in [5, 5.41) is 0.186. The van der Waals surface area contributed by atoms with Crippen molar-refractivity contribution >= 4 is 27.4 Å². The summed E-state index contributed by atoms with van der Waals surface area (Å²) < 4.78 is 28.4. The van der Waals surface area contributed by atoms with Gasteiger partial charge in [0, 0.05) is 18.9 Å². The first-order chi connectivity index (χ1) is 8.94. The maximum Gasteiger partial charge on any atom is 0.282 e. The van der Waals surface area contributed by atoms with Crippen LogP contribution in [0.2, 0.25) is 5.02 Å². The fourth-order valence-electron chi connectivity index (χ4n) is 1.57. The number of rotatable bonds is 4. The molecule has 1 N–H and O–H groups in total. The molecule has 0 amide bonds. The Morgan fingerprint density at radius 1 is 1.47 bits per heavy atom. The number of sulfonamides is 1. The van der Waals surface area contributed by atoms with Crippen LogP contribution in [0, 0.1) is 6.92 Å². The topological polar surface area (TPSA) is 76.9 Å². The largest absolute Gasteiger partial charge is 0.334 e. The molecule has 0 saturated carbocycles. The van der Waals surface area contributed by atoms with Gasteiger partial charge in [-0.3, -0.25) is 4.72 Å². The van der Waals surface area contributed by atoms with Crippen LogP contribution >= 0.6 is 11.6 Å². The summed E-state index contributed by atoms with van der Waals surface area (Å²) in [5.74, 6) is 0.725. The summed E-state index contributed by atoms with van der Waals surface area (Å²) in [6.07, 6.45) is 2.94. The average Bonchev–Trinajstić information content (AvgIpc) is 2.74. The van der Waals surface area contributed by atoms with Gasteiger partial charge in [-0.1, -0.05) is 11.6 Å². The highest BCUT2D eigenvalue weighted by Crippen LogP contribution is 2.21. The van der Waals surface area contributed by atoms with Gasteiger partial charge in [-0.05, 0) is 26.0 Å². The molecular formula is C11H13ClN4O2S. The Hall–Kier alpha value is -1.60. The molecule has 0 radical (unpaired) electrons. The van der Waals surface area contributed by atoms with Gasteiger partial charge in [0.1, 0.15) is 5.82 Å². The normalized spacial score (nSPS) is 11.5. The predicted molar refractivity (Wildman–Crippen MR) is 72.7 cm³/mol. The van der Waals surface area contributed by atoms with Crippen molar-refractivity contribution in [2.45, 2.75) is 25.4 Å². The molecule has 0 unspecified atom stereocenters. The van der Waals surface area contributed by atoms with Crippen molar-refractivity contribution in [2.24, 2.45) is 0 Å². The molecule has 0 fully saturated rings. The van der Waals surface area contributed by atoms with Crippen molar-refractivity contribution < 1.29 is 8.42 Å². The fourth-order valence-corrected chi connectivity index (χ4v) is 2.83. The summed E-state index contributed by atoms with van der Waals surface area (Å²) in [6, 6.07) is 3.18. The average molecular weight is 301 g/mol. The first-order valence-corrected chi connectivity index (χ1v) is 7.47. The van der Waals surface area contributed by atoms with Crippen molar-refractivity contribution in [3.63, 3.8) is 0 Å². The lowest BCUT2D eigenvalue weighted by Gasteiger charge is -2.05. The number of hydrogen-bond donors (Lipinski definition) is 1. The van der Waals surface area contributed by atoms with Gasteiger partial charge in [0.05, 0.1) is 5.02 Å². The summed E-state index contributed by atoms with van der Waals surface area (Å²) in [6.45, 7) is 4.31. The molecule has 102 valence electrons. The van der Waals surface area contributed by atoms with Gasteiger partial charge in [-0.15, -0.1) is 0 Å². The SMILES string of the molecule is CCn1cc(S(=O)(=O)Nc2ncccc2Cl)nc1C. The van der Waals surface area contributed by atoms with Crippen LogP contribution in [-0.2, 0) is 16.6 Å². The van der Waals surface area contributed by atoms with Crippen LogP contribution in [0.5, 0.6) is 0 Å². The van der Waals surface area contributed by atoms with E-state index < -0.39 is 10.0 Å². The highest BCUT2D eigenvalue weighted by Gasteiger charge is 2.20. The zero-order chi connectivity index (χ0) is 14.0. The molecule has 0 aliphatic heterocycles. The minimum absolute atomic E-state index is 0.0476. The van der Waals surface area contributed by atoms with Gasteiger partial charge >= 0.3 is 0 Å². The Labute approximate surface area is 116 Å². The van der Waals surface area contributed by atoms with Gasteiger partial charge < -0.3 is 4.57 Å². The minimum atomic E-state index is -3.78. The highest BCUT2D eigenvalue weighted by molar-refractivity contribution is 7.92. The summed E-state index contributed by atoms with van der Waals surface area (Å²) in [5.41, 5.74) is 0. The Balaban J connectivity index is 2.35. The molecule has 8 heteroatoms. The van der Waals surface area contributed by atoms with Gasteiger partial charge in [-0.25, -0.2) is 9.97 Å². The van der Waals surface area contributed by atoms with E-state index in [1.165, 1.54) is 12.4 Å². The van der Waals surface area contributed by atoms with Crippen LogP contribution in [0.1, 0.15) is 12.7 Å². The van der Waals surface area contributed by atoms with Crippen LogP contribution in [0.3, 0.4) is 0 Å². The lowest BCUT2D eigenvalue weighted by molar-refractivity contribution is 0.597. The van der Waals surface area contributed by atoms with E-state index in [0.29, 0.717) is 12.4 Å². The van der Waals surface area contributed by atoms with Crippen LogP contribution in [0.4, 0.5) is 5.82 Å². The van der Waals surface area contributed by atoms with E-state index in [1.807, 2.05) is 6.92 Å². The molecule has 0 bridgehead atoms. The van der Waals surface area contributed by atoms with Gasteiger partial charge in [0.2, 0.25) is 0 Å². The molecule has 2 rings (SSSR count). The minimum Gasteiger partial charge on any atom is -0.334 e. The molecule has 0 aliphatic carbocycles. The number of aromatic nitrogens is 3. The van der Waals surface area contributed by atoms with E-state index in [9.17, 15) is 8.42 Å². The maximum atomic E-state index is 12.1.